The molecule has 1 aromatic rings. The number of likely N-dealkylation sites (tertiary alicyclic amines) is 1. The molecule has 1 saturated carbocycles. The molecule has 1 spiro atoms. The van der Waals surface area contributed by atoms with Gasteiger partial charge in [0.15, 0.2) is 5.78 Å². The van der Waals surface area contributed by atoms with Gasteiger partial charge in [-0.2, -0.15) is 0 Å². The SMILES string of the molecule is O=C1C=CC(c2ccc3c(c2)COC2(CCN(C4CC(CO)C4)CC2)O3)=CC1. The number of aliphatic hydroxyl groups excluding tert-OH is 1. The Labute approximate surface area is 165 Å². The van der Waals surface area contributed by atoms with Crippen molar-refractivity contribution in [2.24, 2.45) is 5.92 Å². The van der Waals surface area contributed by atoms with Crippen molar-refractivity contribution in [3.05, 3.63) is 47.6 Å². The third kappa shape index (κ3) is 3.32. The number of nitrogens with zero attached hydrogens (tertiary/aromatic N) is 1. The molecule has 2 heterocycles. The number of ketones is 1. The van der Waals surface area contributed by atoms with Crippen LogP contribution in [-0.4, -0.2) is 47.3 Å². The number of aliphatic hydroxyl groups is 1. The van der Waals surface area contributed by atoms with Crippen LogP contribution in [0.2, 0.25) is 0 Å². The lowest BCUT2D eigenvalue weighted by atomic mass is 9.79. The van der Waals surface area contributed by atoms with E-state index in [1.165, 1.54) is 0 Å². The van der Waals surface area contributed by atoms with Crippen LogP contribution < -0.4 is 4.74 Å². The van der Waals surface area contributed by atoms with Gasteiger partial charge in [-0.15, -0.1) is 0 Å². The number of carbonyl (C=O) groups excluding carboxylic acids is 1. The number of ether oxygens (including phenoxy) is 2. The number of hydrogen-bond donors (Lipinski definition) is 1. The zero-order chi connectivity index (χ0) is 19.1. The largest absolute Gasteiger partial charge is 0.462 e. The molecule has 1 N–H and O–H groups in total. The summed E-state index contributed by atoms with van der Waals surface area (Å²) in [5.74, 6) is 1.07. The lowest BCUT2D eigenvalue weighted by Gasteiger charge is -2.49. The molecule has 2 aliphatic carbocycles. The maximum Gasteiger partial charge on any atom is 0.213 e. The monoisotopic (exact) mass is 381 g/mol. The first kappa shape index (κ1) is 18.1. The molecule has 2 fully saturated rings. The normalized spacial score (nSPS) is 29.0. The van der Waals surface area contributed by atoms with Gasteiger partial charge in [0.05, 0.1) is 6.61 Å². The molecule has 0 amide bonds. The van der Waals surface area contributed by atoms with Crippen LogP contribution in [0.5, 0.6) is 5.75 Å². The van der Waals surface area contributed by atoms with Gasteiger partial charge in [0, 0.05) is 50.6 Å². The zero-order valence-corrected chi connectivity index (χ0v) is 16.1. The minimum atomic E-state index is -0.498. The highest BCUT2D eigenvalue weighted by Gasteiger charge is 2.44. The fourth-order valence-electron chi connectivity index (χ4n) is 4.78. The molecule has 5 heteroatoms. The molecule has 1 aromatic carbocycles. The minimum absolute atomic E-state index is 0.149. The van der Waals surface area contributed by atoms with Gasteiger partial charge in [-0.05, 0) is 48.1 Å². The molecular formula is C23H27NO4. The standard InChI is InChI=1S/C23H27NO4/c25-14-16-11-20(12-16)24-9-7-23(8-10-24)27-15-19-13-18(3-6-22(19)28-23)17-1-4-21(26)5-2-17/h1-4,6,13,16,20,25H,5,7-12,14-15H2. The van der Waals surface area contributed by atoms with E-state index < -0.39 is 5.79 Å². The zero-order valence-electron chi connectivity index (χ0n) is 16.1. The Morgan fingerprint density at radius 2 is 2.00 bits per heavy atom. The average Bonchev–Trinajstić information content (AvgIpc) is 2.69. The predicted molar refractivity (Wildman–Crippen MR) is 106 cm³/mol. The Hall–Kier alpha value is -1.95. The molecule has 148 valence electrons. The summed E-state index contributed by atoms with van der Waals surface area (Å²) in [5.41, 5.74) is 3.25. The van der Waals surface area contributed by atoms with Crippen molar-refractivity contribution in [2.75, 3.05) is 19.7 Å². The molecule has 28 heavy (non-hydrogen) atoms. The van der Waals surface area contributed by atoms with Crippen LogP contribution in [0, 0.1) is 5.92 Å². The first-order valence-electron chi connectivity index (χ1n) is 10.4. The summed E-state index contributed by atoms with van der Waals surface area (Å²) in [6.07, 6.45) is 9.98. The average molecular weight is 381 g/mol. The second-order valence-corrected chi connectivity index (χ2v) is 8.50. The highest BCUT2D eigenvalue weighted by molar-refractivity contribution is 5.97. The number of carbonyl (C=O) groups is 1. The summed E-state index contributed by atoms with van der Waals surface area (Å²) in [6, 6.07) is 6.86. The van der Waals surface area contributed by atoms with E-state index in [2.05, 4.69) is 17.0 Å². The van der Waals surface area contributed by atoms with Gasteiger partial charge in [0.2, 0.25) is 5.79 Å². The number of rotatable bonds is 3. The first-order valence-corrected chi connectivity index (χ1v) is 10.4. The third-order valence-corrected chi connectivity index (χ3v) is 6.70. The van der Waals surface area contributed by atoms with Gasteiger partial charge in [0.1, 0.15) is 5.75 Å². The van der Waals surface area contributed by atoms with Gasteiger partial charge in [-0.3, -0.25) is 9.69 Å². The molecule has 0 bridgehead atoms. The minimum Gasteiger partial charge on any atom is -0.462 e. The van der Waals surface area contributed by atoms with Gasteiger partial charge in [-0.25, -0.2) is 0 Å². The number of hydrogen-bond acceptors (Lipinski definition) is 5. The molecule has 5 nitrogen and oxygen atoms in total. The van der Waals surface area contributed by atoms with E-state index >= 15 is 0 Å². The molecule has 0 atom stereocenters. The lowest BCUT2D eigenvalue weighted by molar-refractivity contribution is -0.232. The fraction of sp³-hybridized carbons (Fsp3) is 0.522. The quantitative estimate of drug-likeness (QED) is 0.872. The summed E-state index contributed by atoms with van der Waals surface area (Å²) in [6.45, 7) is 2.86. The Balaban J connectivity index is 1.24. The first-order chi connectivity index (χ1) is 13.6. The molecule has 4 aliphatic rings. The summed E-state index contributed by atoms with van der Waals surface area (Å²) < 4.78 is 12.6. The summed E-state index contributed by atoms with van der Waals surface area (Å²) in [4.78, 5) is 13.9. The van der Waals surface area contributed by atoms with Crippen molar-refractivity contribution < 1.29 is 19.4 Å². The maximum atomic E-state index is 11.4. The van der Waals surface area contributed by atoms with Gasteiger partial charge < -0.3 is 14.6 Å². The van der Waals surface area contributed by atoms with Crippen molar-refractivity contribution in [1.29, 1.82) is 0 Å². The summed E-state index contributed by atoms with van der Waals surface area (Å²) in [7, 11) is 0. The van der Waals surface area contributed by atoms with Crippen molar-refractivity contribution in [1.82, 2.24) is 4.90 Å². The van der Waals surface area contributed by atoms with E-state index in [0.29, 0.717) is 31.6 Å². The Morgan fingerprint density at radius 3 is 2.71 bits per heavy atom. The predicted octanol–water partition coefficient (Wildman–Crippen LogP) is 3.07. The Kier molecular flexibility index (Phi) is 4.62. The third-order valence-electron chi connectivity index (χ3n) is 6.70. The van der Waals surface area contributed by atoms with Crippen molar-refractivity contribution in [3.8, 4) is 5.75 Å². The van der Waals surface area contributed by atoms with Gasteiger partial charge in [0.25, 0.3) is 0 Å². The van der Waals surface area contributed by atoms with Crippen LogP contribution in [0.25, 0.3) is 5.57 Å². The fourth-order valence-corrected chi connectivity index (χ4v) is 4.78. The smallest absolute Gasteiger partial charge is 0.213 e. The van der Waals surface area contributed by atoms with E-state index in [9.17, 15) is 9.90 Å². The Morgan fingerprint density at radius 1 is 1.18 bits per heavy atom. The van der Waals surface area contributed by atoms with Crippen molar-refractivity contribution in [3.63, 3.8) is 0 Å². The molecular weight excluding hydrogens is 354 g/mol. The highest BCUT2D eigenvalue weighted by atomic mass is 16.7. The summed E-state index contributed by atoms with van der Waals surface area (Å²) >= 11 is 0. The van der Waals surface area contributed by atoms with Crippen LogP contribution in [0.15, 0.2) is 36.4 Å². The molecule has 0 aromatic heterocycles. The summed E-state index contributed by atoms with van der Waals surface area (Å²) in [5, 5.41) is 9.23. The topological polar surface area (TPSA) is 59.0 Å². The van der Waals surface area contributed by atoms with Crippen molar-refractivity contribution in [2.45, 2.75) is 50.5 Å². The molecule has 2 aliphatic heterocycles. The number of fused-ring (bicyclic) bond motifs is 1. The molecule has 0 radical (unpaired) electrons. The van der Waals surface area contributed by atoms with E-state index in [1.54, 1.807) is 6.08 Å². The molecule has 1 saturated heterocycles. The van der Waals surface area contributed by atoms with E-state index in [0.717, 1.165) is 61.2 Å². The van der Waals surface area contributed by atoms with Crippen LogP contribution in [0.3, 0.4) is 0 Å². The van der Waals surface area contributed by atoms with Crippen LogP contribution >= 0.6 is 0 Å². The molecule has 0 unspecified atom stereocenters. The number of benzene rings is 1. The molecule has 5 rings (SSSR count). The Bertz CT molecular complexity index is 829. The van der Waals surface area contributed by atoms with Crippen molar-refractivity contribution >= 4 is 11.4 Å². The lowest BCUT2D eigenvalue weighted by Crippen LogP contribution is -2.56. The second kappa shape index (κ2) is 7.14. The highest BCUT2D eigenvalue weighted by Crippen LogP contribution is 2.41. The van der Waals surface area contributed by atoms with Gasteiger partial charge in [-0.1, -0.05) is 18.2 Å². The van der Waals surface area contributed by atoms with Crippen LogP contribution in [-0.2, 0) is 16.1 Å². The number of allylic oxidation sites excluding steroid dienone is 4. The van der Waals surface area contributed by atoms with E-state index in [-0.39, 0.29) is 5.78 Å². The van der Waals surface area contributed by atoms with E-state index in [1.807, 2.05) is 18.2 Å². The van der Waals surface area contributed by atoms with Gasteiger partial charge >= 0.3 is 0 Å². The van der Waals surface area contributed by atoms with Crippen LogP contribution in [0.4, 0.5) is 0 Å². The van der Waals surface area contributed by atoms with Crippen LogP contribution in [0.1, 0.15) is 43.2 Å². The maximum absolute atomic E-state index is 11.4. The van der Waals surface area contributed by atoms with E-state index in [4.69, 9.17) is 9.47 Å². The second-order valence-electron chi connectivity index (χ2n) is 8.50. The number of piperidine rings is 1.